The molecule has 216 valence electrons. The molecular weight excluding hydrogens is 528 g/mol. The average molecular weight is 562 g/mol. The van der Waals surface area contributed by atoms with Gasteiger partial charge in [-0.1, -0.05) is 24.6 Å². The number of oxime groups is 1. The fourth-order valence-corrected chi connectivity index (χ4v) is 4.38. The normalized spacial score (nSPS) is 17.1. The summed E-state index contributed by atoms with van der Waals surface area (Å²) < 4.78 is 33.0. The van der Waals surface area contributed by atoms with Gasteiger partial charge in [0.2, 0.25) is 5.91 Å². The second-order valence-electron chi connectivity index (χ2n) is 9.18. The third kappa shape index (κ3) is 7.16. The van der Waals surface area contributed by atoms with Gasteiger partial charge in [-0.05, 0) is 49.1 Å². The van der Waals surface area contributed by atoms with Gasteiger partial charge in [0.1, 0.15) is 12.4 Å². The van der Waals surface area contributed by atoms with E-state index in [0.29, 0.717) is 18.4 Å². The fraction of sp³-hybridized carbons (Fsp3) is 0.407. The van der Waals surface area contributed by atoms with E-state index in [-0.39, 0.29) is 54.5 Å². The zero-order valence-corrected chi connectivity index (χ0v) is 22.5. The minimum absolute atomic E-state index is 0.0436. The Balaban J connectivity index is 1.91. The van der Waals surface area contributed by atoms with Crippen molar-refractivity contribution in [1.29, 1.82) is 0 Å². The quantitative estimate of drug-likeness (QED) is 0.254. The Labute approximate surface area is 230 Å². The van der Waals surface area contributed by atoms with E-state index >= 15 is 0 Å². The van der Waals surface area contributed by atoms with Crippen LogP contribution < -0.4 is 21.1 Å². The number of benzene rings is 2. The number of hydrogen-bond donors (Lipinski definition) is 4. The van der Waals surface area contributed by atoms with Crippen LogP contribution in [0.15, 0.2) is 35.5 Å². The zero-order valence-electron chi connectivity index (χ0n) is 22.5. The van der Waals surface area contributed by atoms with Crippen LogP contribution in [0.3, 0.4) is 0 Å². The van der Waals surface area contributed by atoms with Crippen molar-refractivity contribution in [1.82, 2.24) is 15.5 Å². The number of carbonyl (C=O) groups is 3. The number of hydrogen-bond acceptors (Lipinski definition) is 7. The SMILES string of the molecule is CCC[C@@H](NC(=O)N1C/C(=N/OCC)NC[C@H](Cc2cc(F)c(F)cc2OC)C1=O)c1ccc(C(=O)O)c(N)c1. The molecule has 5 N–H and O–H groups in total. The Kier molecular flexibility index (Phi) is 10.2. The molecule has 1 aliphatic heterocycles. The first-order valence-corrected chi connectivity index (χ1v) is 12.8. The summed E-state index contributed by atoms with van der Waals surface area (Å²) in [7, 11) is 1.31. The number of ether oxygens (including phenoxy) is 1. The van der Waals surface area contributed by atoms with Crippen molar-refractivity contribution in [3.8, 4) is 5.75 Å². The number of amides is 3. The lowest BCUT2D eigenvalue weighted by Gasteiger charge is -2.26. The maximum absolute atomic E-state index is 14.0. The van der Waals surface area contributed by atoms with Crippen LogP contribution in [0, 0.1) is 17.6 Å². The molecule has 2 aromatic carbocycles. The van der Waals surface area contributed by atoms with Gasteiger partial charge < -0.3 is 31.0 Å². The van der Waals surface area contributed by atoms with E-state index in [0.717, 1.165) is 17.0 Å². The van der Waals surface area contributed by atoms with E-state index in [4.69, 9.17) is 15.3 Å². The number of rotatable bonds is 10. The Morgan fingerprint density at radius 2 is 1.98 bits per heavy atom. The molecule has 0 unspecified atom stereocenters. The number of carboxylic acid groups (broad SMARTS) is 1. The van der Waals surface area contributed by atoms with Gasteiger partial charge in [0.05, 0.1) is 31.2 Å². The highest BCUT2D eigenvalue weighted by Gasteiger charge is 2.35. The number of nitrogen functional groups attached to an aromatic ring is 1. The summed E-state index contributed by atoms with van der Waals surface area (Å²) in [5.41, 5.74) is 6.72. The molecule has 0 radical (unpaired) electrons. The summed E-state index contributed by atoms with van der Waals surface area (Å²) in [6.45, 7) is 3.71. The summed E-state index contributed by atoms with van der Waals surface area (Å²) >= 11 is 0. The van der Waals surface area contributed by atoms with Crippen LogP contribution >= 0.6 is 0 Å². The van der Waals surface area contributed by atoms with E-state index in [1.54, 1.807) is 13.0 Å². The number of carboxylic acids is 1. The predicted molar refractivity (Wildman–Crippen MR) is 143 cm³/mol. The Hall–Kier alpha value is -4.42. The Bertz CT molecular complexity index is 1290. The Morgan fingerprint density at radius 3 is 2.60 bits per heavy atom. The van der Waals surface area contributed by atoms with Crippen LogP contribution in [-0.2, 0) is 16.1 Å². The molecular formula is C27H33F2N5O6. The van der Waals surface area contributed by atoms with Gasteiger partial charge in [-0.15, -0.1) is 0 Å². The Morgan fingerprint density at radius 1 is 1.25 bits per heavy atom. The lowest BCUT2D eigenvalue weighted by atomic mass is 9.97. The van der Waals surface area contributed by atoms with E-state index in [1.165, 1.54) is 19.2 Å². The molecule has 11 nitrogen and oxygen atoms in total. The van der Waals surface area contributed by atoms with Crippen LogP contribution in [0.5, 0.6) is 5.75 Å². The van der Waals surface area contributed by atoms with E-state index < -0.39 is 41.5 Å². The largest absolute Gasteiger partial charge is 0.496 e. The number of nitrogens with one attached hydrogen (secondary N) is 2. The van der Waals surface area contributed by atoms with E-state index in [9.17, 15) is 28.3 Å². The van der Waals surface area contributed by atoms with Crippen LogP contribution in [0.1, 0.15) is 54.2 Å². The van der Waals surface area contributed by atoms with Crippen LogP contribution in [0.4, 0.5) is 19.3 Å². The zero-order chi connectivity index (χ0) is 29.4. The molecule has 3 rings (SSSR count). The van der Waals surface area contributed by atoms with Gasteiger partial charge in [-0.3, -0.25) is 9.69 Å². The number of nitrogens with two attached hydrogens (primary N) is 1. The molecule has 0 spiro atoms. The van der Waals surface area contributed by atoms with Crippen molar-refractivity contribution in [2.45, 2.75) is 39.2 Å². The van der Waals surface area contributed by atoms with Crippen molar-refractivity contribution in [2.24, 2.45) is 11.1 Å². The molecule has 2 aromatic rings. The maximum Gasteiger partial charge on any atom is 0.337 e. The van der Waals surface area contributed by atoms with Crippen molar-refractivity contribution in [3.63, 3.8) is 0 Å². The van der Waals surface area contributed by atoms with Crippen molar-refractivity contribution < 1.29 is 37.8 Å². The topological polar surface area (TPSA) is 156 Å². The molecule has 1 aliphatic rings. The molecule has 0 aliphatic carbocycles. The number of imide groups is 1. The highest BCUT2D eigenvalue weighted by atomic mass is 19.2. The van der Waals surface area contributed by atoms with Gasteiger partial charge >= 0.3 is 12.0 Å². The highest BCUT2D eigenvalue weighted by molar-refractivity contribution is 6.02. The molecule has 13 heteroatoms. The summed E-state index contributed by atoms with van der Waals surface area (Å²) in [5.74, 6) is -4.49. The summed E-state index contributed by atoms with van der Waals surface area (Å²) in [6, 6.07) is 4.98. The summed E-state index contributed by atoms with van der Waals surface area (Å²) in [4.78, 5) is 44.6. The van der Waals surface area contributed by atoms with Crippen molar-refractivity contribution >= 4 is 29.4 Å². The maximum atomic E-state index is 14.0. The van der Waals surface area contributed by atoms with Gasteiger partial charge in [-0.2, -0.15) is 0 Å². The molecule has 3 amide bonds. The minimum Gasteiger partial charge on any atom is -0.496 e. The number of urea groups is 1. The van der Waals surface area contributed by atoms with Crippen LogP contribution in [0.2, 0.25) is 0 Å². The van der Waals surface area contributed by atoms with E-state index in [2.05, 4.69) is 15.8 Å². The van der Waals surface area contributed by atoms with Crippen LogP contribution in [0.25, 0.3) is 0 Å². The molecule has 1 fully saturated rings. The van der Waals surface area contributed by atoms with Gasteiger partial charge in [0.25, 0.3) is 0 Å². The first kappa shape index (κ1) is 30.1. The number of carbonyl (C=O) groups excluding carboxylic acids is 2. The molecule has 0 bridgehead atoms. The number of amidine groups is 1. The molecule has 0 aromatic heterocycles. The molecule has 2 atom stereocenters. The predicted octanol–water partition coefficient (Wildman–Crippen LogP) is 3.45. The number of aromatic carboxylic acids is 1. The molecule has 40 heavy (non-hydrogen) atoms. The van der Waals surface area contributed by atoms with Gasteiger partial charge in [0, 0.05) is 18.3 Å². The second-order valence-corrected chi connectivity index (χ2v) is 9.18. The lowest BCUT2D eigenvalue weighted by Crippen LogP contribution is -2.48. The van der Waals surface area contributed by atoms with Gasteiger partial charge in [0.15, 0.2) is 17.5 Å². The molecule has 1 saturated heterocycles. The summed E-state index contributed by atoms with van der Waals surface area (Å²) in [5, 5.41) is 19.1. The molecule has 1 heterocycles. The van der Waals surface area contributed by atoms with E-state index in [1.807, 2.05) is 6.92 Å². The smallest absolute Gasteiger partial charge is 0.337 e. The first-order chi connectivity index (χ1) is 19.1. The van der Waals surface area contributed by atoms with Crippen molar-refractivity contribution in [2.75, 3.05) is 32.5 Å². The van der Waals surface area contributed by atoms with Gasteiger partial charge in [-0.25, -0.2) is 18.4 Å². The third-order valence-electron chi connectivity index (χ3n) is 6.40. The van der Waals surface area contributed by atoms with Crippen molar-refractivity contribution in [3.05, 3.63) is 58.7 Å². The monoisotopic (exact) mass is 561 g/mol. The first-order valence-electron chi connectivity index (χ1n) is 12.8. The lowest BCUT2D eigenvalue weighted by molar-refractivity contribution is -0.131. The number of nitrogens with zero attached hydrogens (tertiary/aromatic N) is 2. The molecule has 0 saturated carbocycles. The fourth-order valence-electron chi connectivity index (χ4n) is 4.38. The highest BCUT2D eigenvalue weighted by Crippen LogP contribution is 2.27. The minimum atomic E-state index is -1.17. The number of methoxy groups -OCH3 is 1. The number of anilines is 1. The standard InChI is InChI=1S/C27H33F2N5O6/c1-4-6-22(15-7-8-18(26(36)37)21(30)11-15)32-27(38)34-14-24(33-40-5-2)31-13-17(25(34)35)9-16-10-19(28)20(29)12-23(16)39-3/h7-8,10-12,17,22H,4-6,9,13-14,30H2,1-3H3,(H,31,33)(H,32,38)(H,36,37)/t17-,22+/m0/s1. The third-order valence-corrected chi connectivity index (χ3v) is 6.40. The summed E-state index contributed by atoms with van der Waals surface area (Å²) in [6.07, 6.45) is 1.09. The average Bonchev–Trinajstić information content (AvgIpc) is 3.07. The second kappa shape index (κ2) is 13.6. The number of halogens is 2. The van der Waals surface area contributed by atoms with Crippen LogP contribution in [-0.4, -0.2) is 60.6 Å².